The summed E-state index contributed by atoms with van der Waals surface area (Å²) in [6.07, 6.45) is -1.50. The summed E-state index contributed by atoms with van der Waals surface area (Å²) in [7, 11) is -3.76. The van der Waals surface area contributed by atoms with Crippen molar-refractivity contribution in [1.29, 1.82) is 0 Å². The highest BCUT2D eigenvalue weighted by Crippen LogP contribution is 2.42. The molecule has 0 aromatic carbocycles. The number of piperidine rings is 1. The Labute approximate surface area is 173 Å². The van der Waals surface area contributed by atoms with Gasteiger partial charge in [-0.1, -0.05) is 0 Å². The number of hydrogen-bond donors (Lipinski definition) is 1. The number of hydrogen-bond acceptors (Lipinski definition) is 4. The number of nitrogens with two attached hydrogens (primary N) is 1. The maximum absolute atomic E-state index is 13.0. The van der Waals surface area contributed by atoms with Crippen LogP contribution in [-0.2, 0) is 10.2 Å². The van der Waals surface area contributed by atoms with Gasteiger partial charge in [-0.3, -0.25) is 0 Å². The summed E-state index contributed by atoms with van der Waals surface area (Å²) in [4.78, 5) is 4.53. The van der Waals surface area contributed by atoms with Gasteiger partial charge < -0.3 is 0 Å². The molecule has 1 atom stereocenters. The van der Waals surface area contributed by atoms with Gasteiger partial charge in [0.15, 0.2) is 5.65 Å². The fourth-order valence-electron chi connectivity index (χ4n) is 4.77. The van der Waals surface area contributed by atoms with Gasteiger partial charge in [0.1, 0.15) is 0 Å². The topological polar surface area (TPSA) is 93.6 Å². The first-order valence-corrected chi connectivity index (χ1v) is 11.7. The van der Waals surface area contributed by atoms with Crippen molar-refractivity contribution in [3.05, 3.63) is 29.2 Å². The standard InChI is InChI=1S/C19H26F3N5O2S/c1-12-9-17(14-3-2-8-26(11-14)30(23,28)29)27-18(24-12)10-16(25-27)13-4-6-15(7-5-13)19(20,21)22/h9-10,13-15H,2-8,11H2,1H3,(H2,23,28,29)/t13?,14-,15?/m1/s1. The molecule has 2 N–H and O–H groups in total. The number of fused-ring (bicyclic) bond motifs is 1. The molecular formula is C19H26F3N5O2S. The van der Waals surface area contributed by atoms with Crippen LogP contribution in [0, 0.1) is 12.8 Å². The minimum absolute atomic E-state index is 0.0225. The Bertz CT molecular complexity index is 1030. The van der Waals surface area contributed by atoms with Crippen LogP contribution in [-0.4, -0.2) is 46.6 Å². The molecule has 11 heteroatoms. The van der Waals surface area contributed by atoms with Crippen molar-refractivity contribution < 1.29 is 21.6 Å². The van der Waals surface area contributed by atoms with Gasteiger partial charge in [0.05, 0.1) is 17.3 Å². The first kappa shape index (κ1) is 21.5. The molecule has 1 saturated heterocycles. The van der Waals surface area contributed by atoms with E-state index in [9.17, 15) is 21.6 Å². The molecule has 1 aliphatic heterocycles. The Balaban J connectivity index is 1.61. The fraction of sp³-hybridized carbons (Fsp3) is 0.684. The van der Waals surface area contributed by atoms with Gasteiger partial charge in [0.25, 0.3) is 10.2 Å². The second-order valence-corrected chi connectivity index (χ2v) is 10.0. The van der Waals surface area contributed by atoms with Crippen LogP contribution in [0.1, 0.15) is 67.4 Å². The summed E-state index contributed by atoms with van der Waals surface area (Å²) in [5, 5.41) is 10.0. The van der Waals surface area contributed by atoms with Gasteiger partial charge in [-0.15, -0.1) is 0 Å². The van der Waals surface area contributed by atoms with Crippen molar-refractivity contribution in [3.63, 3.8) is 0 Å². The molecule has 166 valence electrons. The zero-order chi connectivity index (χ0) is 21.7. The fourth-order valence-corrected chi connectivity index (χ4v) is 5.54. The Morgan fingerprint density at radius 1 is 1.10 bits per heavy atom. The molecule has 1 aliphatic carbocycles. The van der Waals surface area contributed by atoms with Gasteiger partial charge in [-0.25, -0.2) is 14.6 Å². The second kappa shape index (κ2) is 7.76. The molecular weight excluding hydrogens is 419 g/mol. The van der Waals surface area contributed by atoms with E-state index in [0.29, 0.717) is 31.5 Å². The summed E-state index contributed by atoms with van der Waals surface area (Å²) in [6, 6.07) is 3.76. The van der Waals surface area contributed by atoms with E-state index in [2.05, 4.69) is 4.98 Å². The molecule has 0 spiro atoms. The van der Waals surface area contributed by atoms with E-state index in [1.807, 2.05) is 19.1 Å². The summed E-state index contributed by atoms with van der Waals surface area (Å²) >= 11 is 0. The average molecular weight is 446 g/mol. The molecule has 0 unspecified atom stereocenters. The summed E-state index contributed by atoms with van der Waals surface area (Å²) in [5.74, 6) is -1.33. The molecule has 1 saturated carbocycles. The lowest BCUT2D eigenvalue weighted by Crippen LogP contribution is -2.43. The third-order valence-corrected chi connectivity index (χ3v) is 7.42. The van der Waals surface area contributed by atoms with E-state index in [1.165, 1.54) is 4.31 Å². The van der Waals surface area contributed by atoms with Crippen LogP contribution in [0.4, 0.5) is 13.2 Å². The third kappa shape index (κ3) is 4.33. The highest BCUT2D eigenvalue weighted by molar-refractivity contribution is 7.86. The first-order valence-electron chi connectivity index (χ1n) is 10.2. The lowest BCUT2D eigenvalue weighted by Gasteiger charge is -2.31. The number of halogens is 3. The maximum Gasteiger partial charge on any atom is 0.391 e. The Morgan fingerprint density at radius 3 is 2.43 bits per heavy atom. The van der Waals surface area contributed by atoms with Gasteiger partial charge in [0.2, 0.25) is 0 Å². The van der Waals surface area contributed by atoms with E-state index in [-0.39, 0.29) is 31.2 Å². The molecule has 2 aliphatic rings. The predicted molar refractivity (Wildman–Crippen MR) is 105 cm³/mol. The van der Waals surface area contributed by atoms with Gasteiger partial charge in [0, 0.05) is 36.7 Å². The lowest BCUT2D eigenvalue weighted by molar-refractivity contribution is -0.182. The van der Waals surface area contributed by atoms with Crippen molar-refractivity contribution in [2.75, 3.05) is 13.1 Å². The number of aryl methyl sites for hydroxylation is 1. The molecule has 7 nitrogen and oxygen atoms in total. The minimum Gasteiger partial charge on any atom is -0.234 e. The van der Waals surface area contributed by atoms with Crippen LogP contribution in [0.5, 0.6) is 0 Å². The molecule has 0 amide bonds. The summed E-state index contributed by atoms with van der Waals surface area (Å²) < 4.78 is 65.5. The highest BCUT2D eigenvalue weighted by atomic mass is 32.2. The molecule has 2 aromatic rings. The molecule has 3 heterocycles. The van der Waals surface area contributed by atoms with Crippen LogP contribution in [0.3, 0.4) is 0 Å². The number of alkyl halides is 3. The Kier molecular flexibility index (Phi) is 5.56. The molecule has 2 aromatic heterocycles. The van der Waals surface area contributed by atoms with Crippen molar-refractivity contribution in [1.82, 2.24) is 18.9 Å². The number of aromatic nitrogens is 3. The van der Waals surface area contributed by atoms with E-state index in [0.717, 1.165) is 23.5 Å². The van der Waals surface area contributed by atoms with E-state index < -0.39 is 22.3 Å². The van der Waals surface area contributed by atoms with Crippen LogP contribution >= 0.6 is 0 Å². The minimum atomic E-state index is -4.13. The van der Waals surface area contributed by atoms with Crippen LogP contribution in [0.2, 0.25) is 0 Å². The number of rotatable bonds is 3. The number of nitrogens with zero attached hydrogens (tertiary/aromatic N) is 4. The molecule has 4 rings (SSSR count). The normalized spacial score (nSPS) is 26.9. The van der Waals surface area contributed by atoms with Crippen molar-refractivity contribution in [2.45, 2.75) is 63.5 Å². The zero-order valence-electron chi connectivity index (χ0n) is 16.8. The predicted octanol–water partition coefficient (Wildman–Crippen LogP) is 3.26. The van der Waals surface area contributed by atoms with Gasteiger partial charge in [-0.05, 0) is 51.5 Å². The van der Waals surface area contributed by atoms with Gasteiger partial charge >= 0.3 is 6.18 Å². The SMILES string of the molecule is Cc1cc([C@@H]2CCCN(S(N)(=O)=O)C2)n2nc(C3CCC(C(F)(F)F)CC3)cc2n1. The quantitative estimate of drug-likeness (QED) is 0.785. The zero-order valence-corrected chi connectivity index (χ0v) is 17.6. The van der Waals surface area contributed by atoms with Crippen LogP contribution < -0.4 is 5.14 Å². The van der Waals surface area contributed by atoms with E-state index >= 15 is 0 Å². The van der Waals surface area contributed by atoms with Crippen LogP contribution in [0.15, 0.2) is 12.1 Å². The van der Waals surface area contributed by atoms with Crippen LogP contribution in [0.25, 0.3) is 5.65 Å². The van der Waals surface area contributed by atoms with Crippen molar-refractivity contribution >= 4 is 15.9 Å². The maximum atomic E-state index is 13.0. The van der Waals surface area contributed by atoms with Gasteiger partial charge in [-0.2, -0.15) is 31.0 Å². The largest absolute Gasteiger partial charge is 0.391 e. The Hall–Kier alpha value is -1.72. The summed E-state index contributed by atoms with van der Waals surface area (Å²) in [6.45, 7) is 2.55. The summed E-state index contributed by atoms with van der Waals surface area (Å²) in [5.41, 5.74) is 3.05. The molecule has 30 heavy (non-hydrogen) atoms. The van der Waals surface area contributed by atoms with E-state index in [1.54, 1.807) is 4.52 Å². The Morgan fingerprint density at radius 2 is 1.80 bits per heavy atom. The smallest absolute Gasteiger partial charge is 0.234 e. The second-order valence-electron chi connectivity index (χ2n) is 8.49. The average Bonchev–Trinajstić information content (AvgIpc) is 3.10. The monoisotopic (exact) mass is 445 g/mol. The molecule has 0 bridgehead atoms. The third-order valence-electron chi connectivity index (χ3n) is 6.37. The first-order chi connectivity index (χ1) is 14.0. The molecule has 2 fully saturated rings. The highest BCUT2D eigenvalue weighted by Gasteiger charge is 2.42. The van der Waals surface area contributed by atoms with E-state index in [4.69, 9.17) is 10.2 Å². The van der Waals surface area contributed by atoms with Crippen molar-refractivity contribution in [2.24, 2.45) is 11.1 Å². The molecule has 0 radical (unpaired) electrons. The lowest BCUT2D eigenvalue weighted by atomic mass is 9.80. The van der Waals surface area contributed by atoms with Crippen molar-refractivity contribution in [3.8, 4) is 0 Å².